The maximum absolute atomic E-state index is 12.9. The van der Waals surface area contributed by atoms with Crippen molar-refractivity contribution in [3.63, 3.8) is 0 Å². The van der Waals surface area contributed by atoms with Crippen molar-refractivity contribution < 1.29 is 4.79 Å². The number of benzene rings is 2. The molecule has 28 heavy (non-hydrogen) atoms. The summed E-state index contributed by atoms with van der Waals surface area (Å²) in [5.41, 5.74) is 2.38. The van der Waals surface area contributed by atoms with E-state index in [1.54, 1.807) is 17.0 Å². The number of carbonyl (C=O) groups is 1. The van der Waals surface area contributed by atoms with Crippen LogP contribution in [0.1, 0.15) is 31.4 Å². The van der Waals surface area contributed by atoms with Crippen LogP contribution >= 0.6 is 0 Å². The van der Waals surface area contributed by atoms with Crippen molar-refractivity contribution in [3.8, 4) is 0 Å². The standard InChI is InChI=1S/C23H23N3O2/c1-17(14-18-8-3-2-4-9-18)22(27)25-13-7-10-19(15-25)26-16-24-21-12-6-5-11-20(21)23(26)28/h2-6,8-9,11-12,14,16,19H,7,10,13,15H2,1H3/b17-14+. The molecule has 0 bridgehead atoms. The van der Waals surface area contributed by atoms with Crippen LogP contribution in [-0.4, -0.2) is 33.4 Å². The van der Waals surface area contributed by atoms with Gasteiger partial charge in [-0.3, -0.25) is 14.2 Å². The minimum absolute atomic E-state index is 0.0235. The second-order valence-corrected chi connectivity index (χ2v) is 7.26. The lowest BCUT2D eigenvalue weighted by Gasteiger charge is -2.33. The Labute approximate surface area is 163 Å². The van der Waals surface area contributed by atoms with Crippen LogP contribution in [0, 0.1) is 0 Å². The van der Waals surface area contributed by atoms with Gasteiger partial charge in [-0.2, -0.15) is 0 Å². The average Bonchev–Trinajstić information content (AvgIpc) is 2.74. The molecule has 5 nitrogen and oxygen atoms in total. The molecule has 1 atom stereocenters. The number of nitrogens with zero attached hydrogens (tertiary/aromatic N) is 3. The molecule has 3 aromatic rings. The van der Waals surface area contributed by atoms with Crippen molar-refractivity contribution in [2.24, 2.45) is 0 Å². The number of piperidine rings is 1. The zero-order valence-electron chi connectivity index (χ0n) is 15.9. The van der Waals surface area contributed by atoms with E-state index in [2.05, 4.69) is 4.98 Å². The molecule has 0 spiro atoms. The Kier molecular flexibility index (Phi) is 5.06. The number of amides is 1. The summed E-state index contributed by atoms with van der Waals surface area (Å²) in [5.74, 6) is 0.0235. The molecule has 2 aromatic carbocycles. The van der Waals surface area contributed by atoms with Crippen LogP contribution in [0.5, 0.6) is 0 Å². The molecule has 0 aliphatic carbocycles. The lowest BCUT2D eigenvalue weighted by Crippen LogP contribution is -2.43. The molecule has 1 aliphatic heterocycles. The summed E-state index contributed by atoms with van der Waals surface area (Å²) < 4.78 is 1.69. The van der Waals surface area contributed by atoms with Gasteiger partial charge in [-0.1, -0.05) is 42.5 Å². The minimum atomic E-state index is -0.0492. The molecule has 1 aromatic heterocycles. The smallest absolute Gasteiger partial charge is 0.261 e. The number of para-hydroxylation sites is 1. The lowest BCUT2D eigenvalue weighted by atomic mass is 10.0. The van der Waals surface area contributed by atoms with Gasteiger partial charge in [0.1, 0.15) is 0 Å². The average molecular weight is 373 g/mol. The van der Waals surface area contributed by atoms with Crippen molar-refractivity contribution in [2.45, 2.75) is 25.8 Å². The van der Waals surface area contributed by atoms with Gasteiger partial charge in [0.2, 0.25) is 5.91 Å². The van der Waals surface area contributed by atoms with Crippen LogP contribution in [-0.2, 0) is 4.79 Å². The van der Waals surface area contributed by atoms with E-state index in [0.29, 0.717) is 29.6 Å². The van der Waals surface area contributed by atoms with Crippen LogP contribution in [0.25, 0.3) is 17.0 Å². The molecule has 1 amide bonds. The molecule has 1 unspecified atom stereocenters. The number of fused-ring (bicyclic) bond motifs is 1. The summed E-state index contributed by atoms with van der Waals surface area (Å²) in [5, 5.41) is 0.619. The van der Waals surface area contributed by atoms with Crippen molar-refractivity contribution in [1.82, 2.24) is 14.5 Å². The van der Waals surface area contributed by atoms with E-state index in [-0.39, 0.29) is 17.5 Å². The van der Waals surface area contributed by atoms with E-state index in [0.717, 1.165) is 18.4 Å². The summed E-state index contributed by atoms with van der Waals surface area (Å²) in [7, 11) is 0. The van der Waals surface area contributed by atoms with Gasteiger partial charge in [-0.25, -0.2) is 4.98 Å². The fourth-order valence-corrected chi connectivity index (χ4v) is 3.82. The van der Waals surface area contributed by atoms with Gasteiger partial charge >= 0.3 is 0 Å². The first-order valence-corrected chi connectivity index (χ1v) is 9.62. The minimum Gasteiger partial charge on any atom is -0.337 e. The highest BCUT2D eigenvalue weighted by atomic mass is 16.2. The largest absolute Gasteiger partial charge is 0.337 e. The van der Waals surface area contributed by atoms with Crippen molar-refractivity contribution >= 4 is 22.9 Å². The Morgan fingerprint density at radius 3 is 2.68 bits per heavy atom. The van der Waals surface area contributed by atoms with Gasteiger partial charge in [-0.15, -0.1) is 0 Å². The van der Waals surface area contributed by atoms with E-state index >= 15 is 0 Å². The third-order valence-electron chi connectivity index (χ3n) is 5.29. The monoisotopic (exact) mass is 373 g/mol. The molecule has 5 heteroatoms. The van der Waals surface area contributed by atoms with Gasteiger partial charge in [0.15, 0.2) is 0 Å². The third kappa shape index (κ3) is 3.60. The molecule has 0 saturated carbocycles. The topological polar surface area (TPSA) is 55.2 Å². The zero-order chi connectivity index (χ0) is 19.5. The van der Waals surface area contributed by atoms with Crippen LogP contribution < -0.4 is 5.56 Å². The zero-order valence-corrected chi connectivity index (χ0v) is 15.9. The van der Waals surface area contributed by atoms with Gasteiger partial charge < -0.3 is 4.90 Å². The highest BCUT2D eigenvalue weighted by Gasteiger charge is 2.26. The summed E-state index contributed by atoms with van der Waals surface area (Å²) in [4.78, 5) is 32.1. The highest BCUT2D eigenvalue weighted by Crippen LogP contribution is 2.22. The molecule has 1 fully saturated rings. The first-order valence-electron chi connectivity index (χ1n) is 9.62. The lowest BCUT2D eigenvalue weighted by molar-refractivity contribution is -0.128. The maximum atomic E-state index is 12.9. The fourth-order valence-electron chi connectivity index (χ4n) is 3.82. The molecular formula is C23H23N3O2. The number of aromatic nitrogens is 2. The van der Waals surface area contributed by atoms with Crippen molar-refractivity contribution in [3.05, 3.63) is 82.4 Å². The second kappa shape index (κ2) is 7.80. The Morgan fingerprint density at radius 1 is 1.11 bits per heavy atom. The van der Waals surface area contributed by atoms with E-state index in [1.165, 1.54) is 0 Å². The first-order chi connectivity index (χ1) is 13.6. The second-order valence-electron chi connectivity index (χ2n) is 7.26. The van der Waals surface area contributed by atoms with Crippen LogP contribution in [0.15, 0.2) is 71.3 Å². The number of likely N-dealkylation sites (tertiary alicyclic amines) is 1. The first kappa shape index (κ1) is 18.2. The number of hydrogen-bond acceptors (Lipinski definition) is 3. The van der Waals surface area contributed by atoms with Gasteiger partial charge in [0.05, 0.1) is 23.3 Å². The van der Waals surface area contributed by atoms with Gasteiger partial charge in [-0.05, 0) is 43.5 Å². The summed E-state index contributed by atoms with van der Waals surface area (Å²) in [6.07, 6.45) is 5.27. The Morgan fingerprint density at radius 2 is 1.86 bits per heavy atom. The van der Waals surface area contributed by atoms with Crippen LogP contribution in [0.3, 0.4) is 0 Å². The third-order valence-corrected chi connectivity index (χ3v) is 5.29. The highest BCUT2D eigenvalue weighted by molar-refractivity contribution is 5.97. The molecule has 1 saturated heterocycles. The summed E-state index contributed by atoms with van der Waals surface area (Å²) >= 11 is 0. The van der Waals surface area contributed by atoms with Crippen molar-refractivity contribution in [2.75, 3.05) is 13.1 Å². The molecule has 4 rings (SSSR count). The number of hydrogen-bond donors (Lipinski definition) is 0. The summed E-state index contributed by atoms with van der Waals surface area (Å²) in [6, 6.07) is 17.2. The normalized spacial score (nSPS) is 17.7. The molecule has 0 N–H and O–H groups in total. The summed E-state index contributed by atoms with van der Waals surface area (Å²) in [6.45, 7) is 3.09. The van der Waals surface area contributed by atoms with Gasteiger partial charge in [0, 0.05) is 18.7 Å². The predicted octanol–water partition coefficient (Wildman–Crippen LogP) is 3.66. The van der Waals surface area contributed by atoms with Crippen LogP contribution in [0.4, 0.5) is 0 Å². The Balaban J connectivity index is 1.56. The quantitative estimate of drug-likeness (QED) is 0.659. The SMILES string of the molecule is C/C(=C\c1ccccc1)C(=O)N1CCCC(n2cnc3ccccc3c2=O)C1. The van der Waals surface area contributed by atoms with E-state index < -0.39 is 0 Å². The van der Waals surface area contributed by atoms with Crippen LogP contribution in [0.2, 0.25) is 0 Å². The van der Waals surface area contributed by atoms with Gasteiger partial charge in [0.25, 0.3) is 5.56 Å². The molecule has 142 valence electrons. The molecule has 1 aliphatic rings. The van der Waals surface area contributed by atoms with E-state index in [4.69, 9.17) is 0 Å². The van der Waals surface area contributed by atoms with E-state index in [1.807, 2.05) is 66.4 Å². The molecule has 2 heterocycles. The Bertz CT molecular complexity index is 1090. The Hall–Kier alpha value is -3.21. The van der Waals surface area contributed by atoms with Crippen molar-refractivity contribution in [1.29, 1.82) is 0 Å². The maximum Gasteiger partial charge on any atom is 0.261 e. The van der Waals surface area contributed by atoms with E-state index in [9.17, 15) is 9.59 Å². The predicted molar refractivity (Wildman–Crippen MR) is 111 cm³/mol. The molecule has 0 radical (unpaired) electrons. The number of carbonyl (C=O) groups excluding carboxylic acids is 1. The number of rotatable bonds is 3. The molecular weight excluding hydrogens is 350 g/mol. The fraction of sp³-hybridized carbons (Fsp3) is 0.261.